The van der Waals surface area contributed by atoms with Crippen LogP contribution in [0.4, 0.5) is 4.79 Å². The highest BCUT2D eigenvalue weighted by molar-refractivity contribution is 5.83. The van der Waals surface area contributed by atoms with Crippen molar-refractivity contribution in [2.45, 2.75) is 44.8 Å². The second-order valence-corrected chi connectivity index (χ2v) is 6.01. The molecule has 26 heavy (non-hydrogen) atoms. The molecule has 3 amide bonds. The summed E-state index contributed by atoms with van der Waals surface area (Å²) in [6.07, 6.45) is -0.378. The van der Waals surface area contributed by atoms with Crippen LogP contribution in [0.5, 0.6) is 0 Å². The number of amides is 3. The zero-order chi connectivity index (χ0) is 19.9. The first kappa shape index (κ1) is 21.3. The fourth-order valence-corrected chi connectivity index (χ4v) is 1.91. The number of carbonyl (C=O) groups is 3. The van der Waals surface area contributed by atoms with E-state index < -0.39 is 42.6 Å². The number of hydrogen-bond donors (Lipinski definition) is 6. The number of nitrogens with two attached hydrogens (primary N) is 2. The number of aliphatic carboxylic acids is 1. The standard InChI is InChI=1S/C14H24N6O6/c1-6(2)10(16)11-19-12(26-20-11)8(5-21)18-14(25)17-7(13(23)24)3-4-9(15)22/h6-8,10,21H,3-5,16H2,1-2H3,(H2,15,22)(H,23,24)(H2,17,18,25)/t7-,8-,10-/m0/s1. The van der Waals surface area contributed by atoms with Gasteiger partial charge in [0.15, 0.2) is 5.82 Å². The minimum absolute atomic E-state index is 0.0471. The summed E-state index contributed by atoms with van der Waals surface area (Å²) < 4.78 is 5.00. The molecule has 0 aliphatic rings. The molecule has 0 radical (unpaired) electrons. The molecule has 12 nitrogen and oxygen atoms in total. The van der Waals surface area contributed by atoms with Gasteiger partial charge in [-0.25, -0.2) is 9.59 Å². The Balaban J connectivity index is 2.72. The van der Waals surface area contributed by atoms with Crippen LogP contribution in [0.2, 0.25) is 0 Å². The number of aliphatic hydroxyl groups is 1. The van der Waals surface area contributed by atoms with E-state index in [0.29, 0.717) is 0 Å². The number of carbonyl (C=O) groups excluding carboxylic acids is 2. The number of aromatic nitrogens is 2. The Morgan fingerprint density at radius 2 is 1.92 bits per heavy atom. The summed E-state index contributed by atoms with van der Waals surface area (Å²) in [4.78, 5) is 37.9. The smallest absolute Gasteiger partial charge is 0.326 e. The Bertz CT molecular complexity index is 633. The third kappa shape index (κ3) is 6.29. The lowest BCUT2D eigenvalue weighted by molar-refractivity contribution is -0.139. The highest BCUT2D eigenvalue weighted by Crippen LogP contribution is 2.18. The minimum Gasteiger partial charge on any atom is -0.480 e. The van der Waals surface area contributed by atoms with Gasteiger partial charge in [-0.1, -0.05) is 19.0 Å². The van der Waals surface area contributed by atoms with Crippen molar-refractivity contribution in [3.63, 3.8) is 0 Å². The Morgan fingerprint density at radius 3 is 2.42 bits per heavy atom. The maximum absolute atomic E-state index is 12.0. The molecule has 3 atom stereocenters. The van der Waals surface area contributed by atoms with Crippen molar-refractivity contribution in [3.8, 4) is 0 Å². The van der Waals surface area contributed by atoms with Crippen molar-refractivity contribution in [1.29, 1.82) is 0 Å². The number of primary amides is 1. The van der Waals surface area contributed by atoms with Crippen LogP contribution in [0.15, 0.2) is 4.52 Å². The highest BCUT2D eigenvalue weighted by Gasteiger charge is 2.26. The second kappa shape index (κ2) is 9.68. The van der Waals surface area contributed by atoms with Crippen LogP contribution in [-0.2, 0) is 9.59 Å². The Morgan fingerprint density at radius 1 is 1.27 bits per heavy atom. The average molecular weight is 372 g/mol. The molecule has 1 rings (SSSR count). The number of carboxylic acids is 1. The van der Waals surface area contributed by atoms with E-state index in [1.54, 1.807) is 0 Å². The maximum Gasteiger partial charge on any atom is 0.326 e. The third-order valence-corrected chi connectivity index (χ3v) is 3.54. The summed E-state index contributed by atoms with van der Waals surface area (Å²) in [5.74, 6) is -1.82. The number of nitrogens with zero attached hydrogens (tertiary/aromatic N) is 2. The van der Waals surface area contributed by atoms with Crippen LogP contribution < -0.4 is 22.1 Å². The molecule has 8 N–H and O–H groups in total. The third-order valence-electron chi connectivity index (χ3n) is 3.54. The van der Waals surface area contributed by atoms with Gasteiger partial charge >= 0.3 is 12.0 Å². The van der Waals surface area contributed by atoms with Gasteiger partial charge in [-0.3, -0.25) is 4.79 Å². The first-order chi connectivity index (χ1) is 12.1. The lowest BCUT2D eigenvalue weighted by atomic mass is 10.1. The molecule has 1 aromatic heterocycles. The summed E-state index contributed by atoms with van der Waals surface area (Å²) in [5, 5.41) is 26.7. The molecular weight excluding hydrogens is 348 g/mol. The Kier molecular flexibility index (Phi) is 7.93. The number of aliphatic hydroxyl groups excluding tert-OH is 1. The fraction of sp³-hybridized carbons (Fsp3) is 0.643. The van der Waals surface area contributed by atoms with E-state index >= 15 is 0 Å². The molecule has 146 valence electrons. The zero-order valence-corrected chi connectivity index (χ0v) is 14.5. The van der Waals surface area contributed by atoms with Gasteiger partial charge in [0.2, 0.25) is 5.91 Å². The predicted octanol–water partition coefficient (Wildman–Crippen LogP) is -1.22. The topological polar surface area (TPSA) is 207 Å². The minimum atomic E-state index is -1.33. The molecule has 0 fully saturated rings. The van der Waals surface area contributed by atoms with Gasteiger partial charge in [0.1, 0.15) is 12.1 Å². The zero-order valence-electron chi connectivity index (χ0n) is 14.5. The van der Waals surface area contributed by atoms with Gasteiger partial charge in [-0.15, -0.1) is 0 Å². The van der Waals surface area contributed by atoms with E-state index in [-0.39, 0.29) is 30.5 Å². The molecule has 0 bridgehead atoms. The molecule has 0 spiro atoms. The van der Waals surface area contributed by atoms with Gasteiger partial charge in [-0.05, 0) is 12.3 Å². The Hall–Kier alpha value is -2.73. The van der Waals surface area contributed by atoms with Crippen molar-refractivity contribution in [1.82, 2.24) is 20.8 Å². The van der Waals surface area contributed by atoms with Crippen LogP contribution in [0.25, 0.3) is 0 Å². The van der Waals surface area contributed by atoms with E-state index in [0.717, 1.165) is 0 Å². The number of nitrogens with one attached hydrogen (secondary N) is 2. The summed E-state index contributed by atoms with van der Waals surface area (Å²) >= 11 is 0. The summed E-state index contributed by atoms with van der Waals surface area (Å²) in [6.45, 7) is 3.17. The summed E-state index contributed by atoms with van der Waals surface area (Å²) in [7, 11) is 0. The summed E-state index contributed by atoms with van der Waals surface area (Å²) in [5.41, 5.74) is 10.9. The van der Waals surface area contributed by atoms with E-state index in [1.165, 1.54) is 0 Å². The van der Waals surface area contributed by atoms with Gasteiger partial charge in [0.25, 0.3) is 5.89 Å². The van der Waals surface area contributed by atoms with Gasteiger partial charge in [-0.2, -0.15) is 4.98 Å². The van der Waals surface area contributed by atoms with E-state index in [9.17, 15) is 19.5 Å². The van der Waals surface area contributed by atoms with Gasteiger partial charge in [0.05, 0.1) is 12.6 Å². The van der Waals surface area contributed by atoms with E-state index in [2.05, 4.69) is 20.8 Å². The lowest BCUT2D eigenvalue weighted by Crippen LogP contribution is -2.47. The van der Waals surface area contributed by atoms with Gasteiger partial charge in [0, 0.05) is 6.42 Å². The van der Waals surface area contributed by atoms with Crippen LogP contribution in [-0.4, -0.2) is 50.9 Å². The predicted molar refractivity (Wildman–Crippen MR) is 87.4 cm³/mol. The number of urea groups is 1. The molecule has 0 aliphatic heterocycles. The van der Waals surface area contributed by atoms with Gasteiger partial charge < -0.3 is 36.8 Å². The first-order valence-electron chi connectivity index (χ1n) is 7.93. The molecule has 1 aromatic rings. The Labute approximate surface area is 149 Å². The monoisotopic (exact) mass is 372 g/mol. The molecule has 0 saturated heterocycles. The fourth-order valence-electron chi connectivity index (χ4n) is 1.91. The number of rotatable bonds is 10. The van der Waals surface area contributed by atoms with Crippen LogP contribution in [0.3, 0.4) is 0 Å². The molecule has 0 unspecified atom stereocenters. The highest BCUT2D eigenvalue weighted by atomic mass is 16.5. The van der Waals surface area contributed by atoms with E-state index in [4.69, 9.17) is 21.1 Å². The van der Waals surface area contributed by atoms with Crippen molar-refractivity contribution < 1.29 is 29.1 Å². The van der Waals surface area contributed by atoms with E-state index in [1.807, 2.05) is 13.8 Å². The quantitative estimate of drug-likeness (QED) is 0.290. The van der Waals surface area contributed by atoms with Crippen LogP contribution >= 0.6 is 0 Å². The normalized spacial score (nSPS) is 14.5. The molecule has 12 heteroatoms. The van der Waals surface area contributed by atoms with Crippen molar-refractivity contribution in [3.05, 3.63) is 11.7 Å². The molecule has 0 saturated carbocycles. The molecular formula is C14H24N6O6. The van der Waals surface area contributed by atoms with Crippen LogP contribution in [0.1, 0.15) is 50.5 Å². The largest absolute Gasteiger partial charge is 0.480 e. The average Bonchev–Trinajstić information content (AvgIpc) is 3.04. The SMILES string of the molecule is CC(C)[C@H](N)c1noc([C@H](CO)NC(=O)N[C@@H](CCC(N)=O)C(=O)O)n1. The second-order valence-electron chi connectivity index (χ2n) is 6.01. The maximum atomic E-state index is 12.0. The van der Waals surface area contributed by atoms with Crippen molar-refractivity contribution in [2.24, 2.45) is 17.4 Å². The van der Waals surface area contributed by atoms with Crippen molar-refractivity contribution in [2.75, 3.05) is 6.61 Å². The number of hydrogen-bond acceptors (Lipinski definition) is 8. The number of carboxylic acid groups (broad SMARTS) is 1. The first-order valence-corrected chi connectivity index (χ1v) is 7.93. The molecule has 0 aliphatic carbocycles. The molecule has 0 aromatic carbocycles. The van der Waals surface area contributed by atoms with Crippen LogP contribution in [0, 0.1) is 5.92 Å². The molecule has 1 heterocycles. The lowest BCUT2D eigenvalue weighted by Gasteiger charge is -2.17. The van der Waals surface area contributed by atoms with Crippen molar-refractivity contribution >= 4 is 17.9 Å². The summed E-state index contributed by atoms with van der Waals surface area (Å²) in [6, 6.07) is -3.75.